The van der Waals surface area contributed by atoms with Crippen molar-refractivity contribution in [3.63, 3.8) is 0 Å². The van der Waals surface area contributed by atoms with Crippen LogP contribution in [0.25, 0.3) is 34.4 Å². The average Bonchev–Trinajstić information content (AvgIpc) is 3.81. The molecule has 0 fully saturated rings. The van der Waals surface area contributed by atoms with Gasteiger partial charge in [0.05, 0.1) is 0 Å². The molecule has 0 saturated heterocycles. The minimum Gasteiger partial charge on any atom is -0.507 e. The Hall–Kier alpha value is -4.50. The zero-order valence-corrected chi connectivity index (χ0v) is 38.4. The Labute approximate surface area is 338 Å². The summed E-state index contributed by atoms with van der Waals surface area (Å²) in [6, 6.07) is 47.5. The Morgan fingerprint density at radius 2 is 0.786 bits per heavy atom. The normalized spacial score (nSPS) is 15.7. The molecule has 2 aliphatic carbocycles. The molecule has 0 radical (unpaired) electrons. The van der Waals surface area contributed by atoms with E-state index in [0.717, 1.165) is 35.1 Å². The number of para-hydroxylation sites is 2. The van der Waals surface area contributed by atoms with Crippen LogP contribution < -0.4 is 0 Å². The summed E-state index contributed by atoms with van der Waals surface area (Å²) in [5.41, 5.74) is 18.6. The molecule has 2 atom stereocenters. The smallest absolute Gasteiger partial charge is 0.121 e. The molecule has 6 aromatic rings. The van der Waals surface area contributed by atoms with Gasteiger partial charge in [0.1, 0.15) is 11.5 Å². The molecule has 0 spiro atoms. The van der Waals surface area contributed by atoms with E-state index in [-0.39, 0.29) is 0 Å². The van der Waals surface area contributed by atoms with Crippen LogP contribution in [0, 0.1) is 27.7 Å². The van der Waals surface area contributed by atoms with Crippen molar-refractivity contribution in [2.75, 3.05) is 0 Å². The molecule has 2 unspecified atom stereocenters. The summed E-state index contributed by atoms with van der Waals surface area (Å²) in [5, 5.41) is 18.4. The van der Waals surface area contributed by atoms with E-state index in [9.17, 15) is 10.2 Å². The summed E-state index contributed by atoms with van der Waals surface area (Å²) in [6.45, 7) is 14.8. The van der Waals surface area contributed by atoms with Gasteiger partial charge in [-0.25, -0.2) is 0 Å². The van der Waals surface area contributed by atoms with Gasteiger partial charge in [0, 0.05) is 0 Å². The number of hydrogen-bond donors (Lipinski definition) is 2. The molecule has 56 heavy (non-hydrogen) atoms. The standard InChI is InChI=1S/2C17H15.2C8H10O.2CH3.H2Si.Zr/c2*1-2-13-11-15-9-6-10-16(17(15)12-13)14-7-4-3-5-8-14;2*1-6-4-3-5-7(2)8(6)9;;;;/h2*3-12H,2H2,1H3;2*3-5,9H,1-2H3;2*1H3;1H2;. The molecule has 0 heterocycles. The van der Waals surface area contributed by atoms with Crippen molar-refractivity contribution >= 4 is 19.0 Å². The van der Waals surface area contributed by atoms with E-state index in [1.54, 1.807) is 22.3 Å². The van der Waals surface area contributed by atoms with Crippen LogP contribution in [0.5, 0.6) is 11.5 Å². The van der Waals surface area contributed by atoms with Gasteiger partial charge in [-0.15, -0.1) is 0 Å². The number of hydrogen-bond acceptors (Lipinski definition) is 2. The predicted octanol–water partition coefficient (Wildman–Crippen LogP) is 13.8. The van der Waals surface area contributed by atoms with Gasteiger partial charge < -0.3 is 10.2 Å². The first kappa shape index (κ1) is 41.1. The molecule has 6 aromatic carbocycles. The summed E-state index contributed by atoms with van der Waals surface area (Å²) >= 11 is -3.55. The molecule has 8 rings (SSSR count). The molecule has 0 amide bonds. The van der Waals surface area contributed by atoms with Gasteiger partial charge in [0.25, 0.3) is 0 Å². The first-order valence-corrected chi connectivity index (χ1v) is 33.8. The maximum absolute atomic E-state index is 9.21. The zero-order chi connectivity index (χ0) is 40.2. The monoisotopic (exact) mass is 832 g/mol. The summed E-state index contributed by atoms with van der Waals surface area (Å²) in [4.78, 5) is 0. The molecule has 286 valence electrons. The van der Waals surface area contributed by atoms with Crippen LogP contribution in [-0.4, -0.2) is 17.1 Å². The second kappa shape index (κ2) is 16.9. The Balaban J connectivity index is 0.000000242. The summed E-state index contributed by atoms with van der Waals surface area (Å²) < 4.78 is 6.64. The van der Waals surface area contributed by atoms with Crippen molar-refractivity contribution in [1.29, 1.82) is 0 Å². The molecular weight excluding hydrogens is 776 g/mol. The third kappa shape index (κ3) is 8.15. The zero-order valence-electron chi connectivity index (χ0n) is 34.5. The van der Waals surface area contributed by atoms with Gasteiger partial charge in [-0.3, -0.25) is 0 Å². The number of aryl methyl sites for hydroxylation is 4. The van der Waals surface area contributed by atoms with Crippen LogP contribution in [0.15, 0.2) is 145 Å². The number of phenolic OH excluding ortho intramolecular Hbond substituents is 2. The number of aromatic hydroxyl groups is 2. The predicted molar refractivity (Wildman–Crippen MR) is 241 cm³/mol. The number of fused-ring (bicyclic) bond motifs is 2. The third-order valence-corrected chi connectivity index (χ3v) is 29.6. The van der Waals surface area contributed by atoms with Gasteiger partial charge in [-0.2, -0.15) is 0 Å². The second-order valence-corrected chi connectivity index (χ2v) is 47.3. The first-order chi connectivity index (χ1) is 26.8. The third-order valence-electron chi connectivity index (χ3n) is 12.1. The molecule has 2 aliphatic rings. The molecule has 0 aliphatic heterocycles. The maximum atomic E-state index is 9.21. The van der Waals surface area contributed by atoms with E-state index in [1.165, 1.54) is 33.4 Å². The summed E-state index contributed by atoms with van der Waals surface area (Å²) in [7, 11) is 0. The van der Waals surface area contributed by atoms with E-state index in [4.69, 9.17) is 0 Å². The number of allylic oxidation sites excluding steroid dienone is 2. The topological polar surface area (TPSA) is 40.5 Å². The van der Waals surface area contributed by atoms with E-state index in [0.29, 0.717) is 18.8 Å². The largest absolute Gasteiger partial charge is 0.507 e. The quantitative estimate of drug-likeness (QED) is 0.164. The van der Waals surface area contributed by atoms with Crippen LogP contribution in [0.4, 0.5) is 0 Å². The van der Waals surface area contributed by atoms with Crippen LogP contribution in [0.3, 0.4) is 0 Å². The Bertz CT molecular complexity index is 2280. The van der Waals surface area contributed by atoms with Crippen molar-refractivity contribution in [2.24, 2.45) is 0 Å². The SMILES string of the molecule is CCC1=Cc2c(-c3ccccc3)cccc2[CH]1[Zr]([CH3])([CH3])(=[SiH2])[CH]1C(CC)=Cc2c(-c3ccccc3)cccc21.Cc1cccc(C)c1O.Cc1cccc(C)c1O. The summed E-state index contributed by atoms with van der Waals surface area (Å²) in [5.74, 6) is 0.829. The minimum absolute atomic E-state index is 0.414. The Morgan fingerprint density at radius 1 is 0.464 bits per heavy atom. The van der Waals surface area contributed by atoms with Gasteiger partial charge in [0.15, 0.2) is 0 Å². The Morgan fingerprint density at radius 3 is 1.09 bits per heavy atom. The van der Waals surface area contributed by atoms with Crippen LogP contribution >= 0.6 is 0 Å². The Kier molecular flexibility index (Phi) is 12.4. The van der Waals surface area contributed by atoms with Gasteiger partial charge >= 0.3 is 232 Å². The van der Waals surface area contributed by atoms with E-state index >= 15 is 0 Å². The fraction of sp³-hybridized carbons (Fsp3) is 0.231. The van der Waals surface area contributed by atoms with Crippen LogP contribution in [-0.2, 0) is 17.4 Å². The van der Waals surface area contributed by atoms with Gasteiger partial charge in [-0.05, 0) is 49.9 Å². The maximum Gasteiger partial charge on any atom is 0.121 e. The van der Waals surface area contributed by atoms with Gasteiger partial charge in [-0.1, -0.05) is 36.4 Å². The molecule has 2 N–H and O–H groups in total. The number of rotatable bonds is 6. The molecule has 2 nitrogen and oxygen atoms in total. The van der Waals surface area contributed by atoms with Crippen molar-refractivity contribution in [1.82, 2.24) is 0 Å². The van der Waals surface area contributed by atoms with E-state index in [1.807, 2.05) is 64.1 Å². The minimum atomic E-state index is -3.55. The van der Waals surface area contributed by atoms with Gasteiger partial charge in [0.2, 0.25) is 0 Å². The van der Waals surface area contributed by atoms with Crippen molar-refractivity contribution in [2.45, 2.75) is 70.9 Å². The van der Waals surface area contributed by atoms with Crippen LogP contribution in [0.2, 0.25) is 9.26 Å². The van der Waals surface area contributed by atoms with Crippen molar-refractivity contribution in [3.8, 4) is 33.8 Å². The molecule has 0 bridgehead atoms. The van der Waals surface area contributed by atoms with E-state index < -0.39 is 17.4 Å². The average molecular weight is 834 g/mol. The molecule has 4 heteroatoms. The van der Waals surface area contributed by atoms with Crippen molar-refractivity contribution < 1.29 is 27.6 Å². The molecule has 0 aromatic heterocycles. The number of benzene rings is 6. The van der Waals surface area contributed by atoms with E-state index in [2.05, 4.69) is 139 Å². The molecular formula is C52H58O2SiZr. The number of phenols is 2. The fourth-order valence-electron chi connectivity index (χ4n) is 9.30. The fourth-order valence-corrected chi connectivity index (χ4v) is 29.5. The summed E-state index contributed by atoms with van der Waals surface area (Å²) in [6.07, 6.45) is 7.38. The second-order valence-electron chi connectivity index (χ2n) is 16.8. The first-order valence-electron chi connectivity index (χ1n) is 20.1. The van der Waals surface area contributed by atoms with Crippen LogP contribution in [0.1, 0.15) is 78.4 Å². The molecule has 0 saturated carbocycles. The van der Waals surface area contributed by atoms with Crippen molar-refractivity contribution in [3.05, 3.63) is 189 Å².